The molecule has 61 heavy (non-hydrogen) atoms. The van der Waals surface area contributed by atoms with E-state index in [0.29, 0.717) is 19.3 Å². The standard InChI is InChI=1S/C50H85O10P/c1-3-5-7-9-11-13-15-17-19-21-22-23-24-26-27-29-31-33-35-37-39-41-49(53)57-45-48(46-59-61(55,56)58-44-47(52)43-51)60-50(54)42-40-38-36-34-32-30-28-25-20-18-16-14-12-10-8-6-4-2/h6,8,12,14-15,17-18,20-22,28,30,34,36,47-48,51-52H,3-5,7,9-11,13,16,19,23-27,29,31-33,35,37-46H2,1-2H3,(H,55,56)/b8-6-,14-12-,17-15-,20-18-,22-21-,30-28-,36-34-. The summed E-state index contributed by atoms with van der Waals surface area (Å²) in [6.07, 6.45) is 54.1. The van der Waals surface area contributed by atoms with Gasteiger partial charge in [0.2, 0.25) is 0 Å². The maximum absolute atomic E-state index is 12.6. The molecule has 0 rings (SSSR count). The Balaban J connectivity index is 4.33. The molecule has 3 atom stereocenters. The Morgan fingerprint density at radius 2 is 0.918 bits per heavy atom. The van der Waals surface area contributed by atoms with Crippen molar-refractivity contribution in [2.24, 2.45) is 0 Å². The number of carbonyl (C=O) groups excluding carboxylic acids is 2. The van der Waals surface area contributed by atoms with Crippen molar-refractivity contribution in [3.8, 4) is 0 Å². The molecular weight excluding hydrogens is 792 g/mol. The molecule has 0 aliphatic carbocycles. The second-order valence-electron chi connectivity index (χ2n) is 15.4. The van der Waals surface area contributed by atoms with Crippen LogP contribution in [0.25, 0.3) is 0 Å². The highest BCUT2D eigenvalue weighted by molar-refractivity contribution is 7.47. The summed E-state index contributed by atoms with van der Waals surface area (Å²) in [4.78, 5) is 35.1. The van der Waals surface area contributed by atoms with Crippen molar-refractivity contribution in [3.05, 3.63) is 85.1 Å². The summed E-state index contributed by atoms with van der Waals surface area (Å²) < 4.78 is 32.7. The number of ether oxygens (including phenoxy) is 2. The largest absolute Gasteiger partial charge is 0.472 e. The summed E-state index contributed by atoms with van der Waals surface area (Å²) >= 11 is 0. The predicted molar refractivity (Wildman–Crippen MR) is 251 cm³/mol. The average molecular weight is 877 g/mol. The first-order valence-corrected chi connectivity index (χ1v) is 25.0. The first-order chi connectivity index (χ1) is 29.7. The number of aliphatic hydroxyl groups is 2. The van der Waals surface area contributed by atoms with Crippen LogP contribution < -0.4 is 0 Å². The van der Waals surface area contributed by atoms with Gasteiger partial charge in [-0.15, -0.1) is 0 Å². The fraction of sp³-hybridized carbons (Fsp3) is 0.680. The zero-order chi connectivity index (χ0) is 44.8. The Hall–Kier alpha value is -2.85. The number of hydrogen-bond acceptors (Lipinski definition) is 9. The quantitative estimate of drug-likeness (QED) is 0.0234. The van der Waals surface area contributed by atoms with E-state index < -0.39 is 51.8 Å². The van der Waals surface area contributed by atoms with Crippen molar-refractivity contribution >= 4 is 19.8 Å². The normalized spacial score (nSPS) is 14.5. The third kappa shape index (κ3) is 45.0. The lowest BCUT2D eigenvalue weighted by atomic mass is 10.1. The van der Waals surface area contributed by atoms with E-state index in [1.807, 2.05) is 12.2 Å². The molecule has 0 saturated heterocycles. The third-order valence-electron chi connectivity index (χ3n) is 9.53. The Labute approximate surface area is 371 Å². The zero-order valence-electron chi connectivity index (χ0n) is 38.1. The predicted octanol–water partition coefficient (Wildman–Crippen LogP) is 13.0. The van der Waals surface area contributed by atoms with E-state index in [4.69, 9.17) is 19.1 Å². The second-order valence-corrected chi connectivity index (χ2v) is 16.8. The summed E-state index contributed by atoms with van der Waals surface area (Å²) in [5, 5.41) is 18.4. The lowest BCUT2D eigenvalue weighted by Gasteiger charge is -2.20. The number of aliphatic hydroxyl groups excluding tert-OH is 2. The molecule has 0 heterocycles. The summed E-state index contributed by atoms with van der Waals surface area (Å²) in [5.41, 5.74) is 0. The first-order valence-electron chi connectivity index (χ1n) is 23.5. The Morgan fingerprint density at radius 3 is 1.41 bits per heavy atom. The monoisotopic (exact) mass is 877 g/mol. The molecular formula is C50H85O10P. The molecule has 3 unspecified atom stereocenters. The van der Waals surface area contributed by atoms with Crippen molar-refractivity contribution in [2.45, 2.75) is 193 Å². The fourth-order valence-electron chi connectivity index (χ4n) is 5.94. The molecule has 0 bridgehead atoms. The number of allylic oxidation sites excluding steroid dienone is 14. The highest BCUT2D eigenvalue weighted by atomic mass is 31.2. The number of esters is 2. The molecule has 0 aliphatic heterocycles. The van der Waals surface area contributed by atoms with Gasteiger partial charge in [0.25, 0.3) is 0 Å². The maximum Gasteiger partial charge on any atom is 0.472 e. The molecule has 0 aromatic rings. The molecule has 0 radical (unpaired) electrons. The molecule has 0 aliphatic rings. The Bertz CT molecular complexity index is 1280. The lowest BCUT2D eigenvalue weighted by molar-refractivity contribution is -0.161. The highest BCUT2D eigenvalue weighted by Crippen LogP contribution is 2.43. The summed E-state index contributed by atoms with van der Waals surface area (Å²) in [6, 6.07) is 0. The zero-order valence-corrected chi connectivity index (χ0v) is 39.0. The van der Waals surface area contributed by atoms with E-state index in [2.05, 4.69) is 91.3 Å². The number of hydrogen-bond donors (Lipinski definition) is 3. The van der Waals surface area contributed by atoms with E-state index >= 15 is 0 Å². The molecule has 0 aromatic heterocycles. The van der Waals surface area contributed by atoms with Gasteiger partial charge in [-0.25, -0.2) is 4.57 Å². The van der Waals surface area contributed by atoms with Gasteiger partial charge in [-0.2, -0.15) is 0 Å². The SMILES string of the molecule is CC/C=C\C/C=C\C/C=C\C/C=C\C/C=C\CCCC(=O)OC(COC(=O)CCCCCCCCCCC/C=C\C/C=C\CCCCCCC)COP(=O)(O)OCC(O)CO. The van der Waals surface area contributed by atoms with Crippen molar-refractivity contribution in [1.29, 1.82) is 0 Å². The second kappa shape index (κ2) is 45.2. The van der Waals surface area contributed by atoms with Crippen molar-refractivity contribution in [1.82, 2.24) is 0 Å². The molecule has 0 fully saturated rings. The van der Waals surface area contributed by atoms with Crippen LogP contribution in [-0.2, 0) is 32.7 Å². The summed E-state index contributed by atoms with van der Waals surface area (Å²) in [7, 11) is -4.64. The van der Waals surface area contributed by atoms with E-state index in [0.717, 1.165) is 64.2 Å². The first kappa shape index (κ1) is 58.1. The van der Waals surface area contributed by atoms with Gasteiger partial charge in [0.15, 0.2) is 6.10 Å². The van der Waals surface area contributed by atoms with Gasteiger partial charge in [-0.05, 0) is 83.5 Å². The lowest BCUT2D eigenvalue weighted by Crippen LogP contribution is -2.29. The Kier molecular flexibility index (Phi) is 43.1. The van der Waals surface area contributed by atoms with Gasteiger partial charge >= 0.3 is 19.8 Å². The van der Waals surface area contributed by atoms with Gasteiger partial charge in [0.05, 0.1) is 19.8 Å². The summed E-state index contributed by atoms with van der Waals surface area (Å²) in [5.74, 6) is -1.00. The van der Waals surface area contributed by atoms with Gasteiger partial charge < -0.3 is 24.6 Å². The molecule has 0 aromatic carbocycles. The molecule has 0 amide bonds. The number of unbranched alkanes of at least 4 members (excludes halogenated alkanes) is 15. The molecule has 11 heteroatoms. The third-order valence-corrected chi connectivity index (χ3v) is 10.5. The molecule has 10 nitrogen and oxygen atoms in total. The number of carbonyl (C=O) groups is 2. The van der Waals surface area contributed by atoms with Crippen LogP contribution in [0.15, 0.2) is 85.1 Å². The minimum Gasteiger partial charge on any atom is -0.462 e. The van der Waals surface area contributed by atoms with Crippen LogP contribution in [-0.4, -0.2) is 65.7 Å². The van der Waals surface area contributed by atoms with Crippen LogP contribution in [0.2, 0.25) is 0 Å². The van der Waals surface area contributed by atoms with Crippen LogP contribution in [0, 0.1) is 0 Å². The molecule has 350 valence electrons. The Morgan fingerprint density at radius 1 is 0.508 bits per heavy atom. The van der Waals surface area contributed by atoms with E-state index in [-0.39, 0.29) is 19.4 Å². The number of phosphoric ester groups is 1. The highest BCUT2D eigenvalue weighted by Gasteiger charge is 2.27. The van der Waals surface area contributed by atoms with Crippen LogP contribution in [0.4, 0.5) is 0 Å². The van der Waals surface area contributed by atoms with Crippen LogP contribution in [0.1, 0.15) is 181 Å². The van der Waals surface area contributed by atoms with E-state index in [1.165, 1.54) is 70.6 Å². The van der Waals surface area contributed by atoms with Gasteiger partial charge in [0, 0.05) is 12.8 Å². The fourth-order valence-corrected chi connectivity index (χ4v) is 6.73. The van der Waals surface area contributed by atoms with Crippen molar-refractivity contribution in [3.63, 3.8) is 0 Å². The van der Waals surface area contributed by atoms with E-state index in [9.17, 15) is 24.2 Å². The smallest absolute Gasteiger partial charge is 0.462 e. The minimum atomic E-state index is -4.64. The summed E-state index contributed by atoms with van der Waals surface area (Å²) in [6.45, 7) is 2.18. The van der Waals surface area contributed by atoms with Gasteiger partial charge in [-0.3, -0.25) is 18.6 Å². The van der Waals surface area contributed by atoms with Crippen LogP contribution in [0.3, 0.4) is 0 Å². The van der Waals surface area contributed by atoms with Crippen LogP contribution >= 0.6 is 7.82 Å². The minimum absolute atomic E-state index is 0.101. The molecule has 0 spiro atoms. The van der Waals surface area contributed by atoms with Gasteiger partial charge in [0.1, 0.15) is 12.7 Å². The van der Waals surface area contributed by atoms with Crippen molar-refractivity contribution in [2.75, 3.05) is 26.4 Å². The molecule has 0 saturated carbocycles. The average Bonchev–Trinajstić information content (AvgIpc) is 3.25. The molecule has 3 N–H and O–H groups in total. The maximum atomic E-state index is 12.6. The number of phosphoric acid groups is 1. The van der Waals surface area contributed by atoms with Gasteiger partial charge in [-0.1, -0.05) is 170 Å². The topological polar surface area (TPSA) is 149 Å². The number of rotatable bonds is 43. The van der Waals surface area contributed by atoms with Crippen LogP contribution in [0.5, 0.6) is 0 Å². The van der Waals surface area contributed by atoms with E-state index in [1.54, 1.807) is 0 Å². The van der Waals surface area contributed by atoms with Crippen molar-refractivity contribution < 1.29 is 47.8 Å².